The number of rotatable bonds is 1. The maximum absolute atomic E-state index is 11.1. The summed E-state index contributed by atoms with van der Waals surface area (Å²) in [6, 6.07) is 14.7. The third-order valence-corrected chi connectivity index (χ3v) is 5.77. The summed E-state index contributed by atoms with van der Waals surface area (Å²) in [5, 5.41) is 11.4. The zero-order valence-electron chi connectivity index (χ0n) is 18.0. The predicted molar refractivity (Wildman–Crippen MR) is 113 cm³/mol. The predicted octanol–water partition coefficient (Wildman–Crippen LogP) is 3.68. The molecule has 3 N–H and O–H groups in total. The van der Waals surface area contributed by atoms with Crippen LogP contribution in [0.25, 0.3) is 21.8 Å². The second kappa shape index (κ2) is 13.1. The Labute approximate surface area is 221 Å². The van der Waals surface area contributed by atoms with Crippen LogP contribution in [0.4, 0.5) is 0 Å². The fraction of sp³-hybridized carbons (Fsp3) is 0.261. The van der Waals surface area contributed by atoms with Crippen LogP contribution in [0, 0.1) is 0 Å². The van der Waals surface area contributed by atoms with Gasteiger partial charge in [-0.3, -0.25) is 0 Å². The molecule has 0 amide bonds. The van der Waals surface area contributed by atoms with Crippen LogP contribution in [-0.4, -0.2) is 25.7 Å². The minimum atomic E-state index is -3.79. The van der Waals surface area contributed by atoms with Gasteiger partial charge >= 0.3 is 31.3 Å². The topological polar surface area (TPSA) is 130 Å². The van der Waals surface area contributed by atoms with Crippen molar-refractivity contribution in [3.63, 3.8) is 0 Å². The zero-order chi connectivity index (χ0) is 22.0. The number of carboxylic acids is 1. The van der Waals surface area contributed by atoms with Gasteiger partial charge in [0, 0.05) is 65.3 Å². The van der Waals surface area contributed by atoms with Gasteiger partial charge in [-0.05, 0) is 48.3 Å². The van der Waals surface area contributed by atoms with E-state index in [1.54, 1.807) is 6.20 Å². The molecule has 2 aliphatic rings. The van der Waals surface area contributed by atoms with Crippen molar-refractivity contribution in [2.24, 2.45) is 0 Å². The summed E-state index contributed by atoms with van der Waals surface area (Å²) in [6.45, 7) is 2.13. The Bertz CT molecular complexity index is 1390. The van der Waals surface area contributed by atoms with E-state index in [2.05, 4.69) is 45.7 Å². The molecule has 0 saturated carbocycles. The van der Waals surface area contributed by atoms with Crippen LogP contribution in [0.2, 0.25) is 0 Å². The molecule has 34 heavy (non-hydrogen) atoms. The van der Waals surface area contributed by atoms with E-state index in [0.29, 0.717) is 5.56 Å². The minimum absolute atomic E-state index is 0. The van der Waals surface area contributed by atoms with E-state index in [9.17, 15) is 4.79 Å². The van der Waals surface area contributed by atoms with Gasteiger partial charge in [0.1, 0.15) is 0 Å². The van der Waals surface area contributed by atoms with E-state index in [0.717, 1.165) is 30.3 Å². The van der Waals surface area contributed by atoms with Crippen LogP contribution >= 0.6 is 0 Å². The molecule has 0 spiro atoms. The first-order valence-corrected chi connectivity index (χ1v) is 11.7. The van der Waals surface area contributed by atoms with E-state index in [-0.39, 0.29) is 39.9 Å². The minimum Gasteiger partial charge on any atom is -0.347 e. The number of nitrogens with zero attached hydrogens (tertiary/aromatic N) is 2. The molecule has 0 bridgehead atoms. The number of hydrogen-bond donors (Lipinski definition) is 1. The number of para-hydroxylation sites is 2. The first-order chi connectivity index (χ1) is 15.0. The molecule has 0 fully saturated rings. The molecular weight excluding hydrogens is 568 g/mol. The summed E-state index contributed by atoms with van der Waals surface area (Å²) in [5.74, 6) is -0.835. The van der Waals surface area contributed by atoms with Crippen molar-refractivity contribution in [1.29, 1.82) is 0 Å². The van der Waals surface area contributed by atoms with Gasteiger partial charge in [0.05, 0.1) is 16.6 Å². The molecule has 4 heterocycles. The Kier molecular flexibility index (Phi) is 11.6. The summed E-state index contributed by atoms with van der Waals surface area (Å²) >= 11 is -3.79. The molecule has 0 atom stereocenters. The molecule has 8 nitrogen and oxygen atoms in total. The van der Waals surface area contributed by atoms with Gasteiger partial charge in [0.2, 0.25) is 0 Å². The van der Waals surface area contributed by atoms with Gasteiger partial charge in [-0.25, -0.2) is 4.79 Å². The monoisotopic (exact) mass is 591 g/mol. The third kappa shape index (κ3) is 6.33. The summed E-state index contributed by atoms with van der Waals surface area (Å²) < 4.78 is 30.1. The summed E-state index contributed by atoms with van der Waals surface area (Å²) in [7, 11) is 0. The van der Waals surface area contributed by atoms with E-state index in [1.807, 2.05) is 12.1 Å². The zero-order valence-corrected chi connectivity index (χ0v) is 21.5. The first kappa shape index (κ1) is 30.0. The Morgan fingerprint density at radius 2 is 1.41 bits per heavy atom. The van der Waals surface area contributed by atoms with E-state index in [4.69, 9.17) is 16.5 Å². The fourth-order valence-electron chi connectivity index (χ4n) is 4.59. The molecule has 2 aromatic heterocycles. The quantitative estimate of drug-likeness (QED) is 0.338. The Morgan fingerprint density at radius 1 is 0.853 bits per heavy atom. The van der Waals surface area contributed by atoms with Crippen LogP contribution in [0.3, 0.4) is 0 Å². The number of carbonyl (C=O) groups is 1. The Hall–Kier alpha value is -2.07. The van der Waals surface area contributed by atoms with Crippen LogP contribution < -0.4 is 0 Å². The molecule has 1 radical (unpaired) electrons. The molecule has 0 unspecified atom stereocenters. The van der Waals surface area contributed by atoms with Crippen molar-refractivity contribution in [1.82, 2.24) is 9.13 Å². The molecule has 4 aromatic rings. The fourth-order valence-corrected chi connectivity index (χ4v) is 4.59. The molecule has 6 rings (SSSR count). The number of aromatic nitrogens is 2. The number of benzene rings is 2. The number of aryl methyl sites for hydroxylation is 4. The van der Waals surface area contributed by atoms with E-state index < -0.39 is 19.9 Å². The maximum atomic E-state index is 11.1. The number of aromatic carboxylic acids is 1. The van der Waals surface area contributed by atoms with Crippen molar-refractivity contribution < 1.29 is 75.2 Å². The molecule has 2 aromatic carbocycles. The van der Waals surface area contributed by atoms with E-state index in [1.165, 1.54) is 41.4 Å². The summed E-state index contributed by atoms with van der Waals surface area (Å²) in [5.41, 5.74) is 5.79. The standard InChI is InChI=1S/C12H11NO2.C11H11N.2Cr.Cu.H2O.3O/c14-12(15)10-7-13-6-2-4-8-3-1-5-9(10)11(8)13;1-3-9-5-2-7-12-8-6-10(4-1)11(9)12;;;;;;;/h1,3,5,7H,2,4,6H2,(H,14,15);1,3-4,6,8H,2,5,7H2;;;;1H2;;;. The van der Waals surface area contributed by atoms with Gasteiger partial charge in [-0.15, -0.1) is 0 Å². The largest absolute Gasteiger partial charge is 0.347 e. The van der Waals surface area contributed by atoms with Crippen molar-refractivity contribution in [2.45, 2.75) is 38.8 Å². The van der Waals surface area contributed by atoms with Gasteiger partial charge in [-0.2, -0.15) is 0 Å². The smallest absolute Gasteiger partial charge is 0.0512 e. The second-order valence-electron chi connectivity index (χ2n) is 7.63. The molecular formula is C23H24Cr2CuN2O6. The average molecular weight is 592 g/mol. The van der Waals surface area contributed by atoms with Crippen molar-refractivity contribution >= 4 is 27.8 Å². The van der Waals surface area contributed by atoms with Gasteiger partial charge < -0.3 is 19.7 Å². The third-order valence-electron chi connectivity index (χ3n) is 5.77. The van der Waals surface area contributed by atoms with Crippen LogP contribution in [-0.2, 0) is 85.7 Å². The molecule has 185 valence electrons. The molecule has 0 aliphatic carbocycles. The number of hydrogen-bond acceptors (Lipinski definition) is 4. The van der Waals surface area contributed by atoms with E-state index >= 15 is 0 Å². The van der Waals surface area contributed by atoms with Crippen molar-refractivity contribution in [3.05, 3.63) is 71.5 Å². The maximum Gasteiger partial charge on any atom is 0.0512 e. The second-order valence-corrected chi connectivity index (χ2v) is 8.27. The van der Waals surface area contributed by atoms with Crippen molar-refractivity contribution in [2.75, 3.05) is 0 Å². The number of carboxylic acid groups (broad SMARTS) is 1. The molecule has 2 aliphatic heterocycles. The summed E-state index contributed by atoms with van der Waals surface area (Å²) in [6.07, 6.45) is 8.66. The normalized spacial score (nSPS) is 12.5. The molecule has 11 heteroatoms. The molecule has 0 saturated heterocycles. The SMILES string of the molecule is O.O=C(O)c1cn2c3c(cccc13)CCC2.[Cr].[Cu].[O]=[Cr](=[O])=[O].c1cc2c3c(c1)ccn3CCC2. The van der Waals surface area contributed by atoms with Gasteiger partial charge in [-0.1, -0.05) is 36.4 Å². The Balaban J connectivity index is 0.000000277. The van der Waals surface area contributed by atoms with Crippen LogP contribution in [0.5, 0.6) is 0 Å². The van der Waals surface area contributed by atoms with Crippen LogP contribution in [0.15, 0.2) is 54.9 Å². The van der Waals surface area contributed by atoms with Crippen LogP contribution in [0.1, 0.15) is 34.3 Å². The Morgan fingerprint density at radius 3 is 2.03 bits per heavy atom. The van der Waals surface area contributed by atoms with Gasteiger partial charge in [0.15, 0.2) is 0 Å². The summed E-state index contributed by atoms with van der Waals surface area (Å²) in [4.78, 5) is 11.1. The average Bonchev–Trinajstić information content (AvgIpc) is 3.34. The van der Waals surface area contributed by atoms with Crippen molar-refractivity contribution in [3.8, 4) is 0 Å². The first-order valence-electron chi connectivity index (χ1n) is 10.1. The van der Waals surface area contributed by atoms with Gasteiger partial charge in [0.25, 0.3) is 0 Å².